The monoisotopic (exact) mass is 213 g/mol. The van der Waals surface area contributed by atoms with E-state index in [1.807, 2.05) is 13.8 Å². The quantitative estimate of drug-likeness (QED) is 0.792. The fraction of sp³-hybridized carbons (Fsp3) is 0.250. The normalized spacial score (nSPS) is 10.7. The van der Waals surface area contributed by atoms with Gasteiger partial charge in [0.1, 0.15) is 10.7 Å². The first-order valence-corrected chi connectivity index (χ1v) is 5.01. The zero-order valence-corrected chi connectivity index (χ0v) is 8.83. The molecule has 0 unspecified atom stereocenters. The highest BCUT2D eigenvalue weighted by molar-refractivity contribution is 7.15. The van der Waals surface area contributed by atoms with E-state index in [9.17, 15) is 0 Å². The lowest BCUT2D eigenvalue weighted by Crippen LogP contribution is -1.78. The summed E-state index contributed by atoms with van der Waals surface area (Å²) >= 11 is 7.53. The van der Waals surface area contributed by atoms with Crippen LogP contribution in [0.2, 0.25) is 5.02 Å². The zero-order valence-electron chi connectivity index (χ0n) is 7.26. The summed E-state index contributed by atoms with van der Waals surface area (Å²) in [7, 11) is 0. The molecule has 0 amide bonds. The van der Waals surface area contributed by atoms with Gasteiger partial charge in [-0.25, -0.2) is 4.98 Å². The Labute approximate surface area is 84.8 Å². The number of rotatable bonds is 1. The summed E-state index contributed by atoms with van der Waals surface area (Å²) in [6, 6.07) is 0. The molecule has 0 fully saturated rings. The van der Waals surface area contributed by atoms with Crippen LogP contribution in [-0.4, -0.2) is 15.2 Å². The van der Waals surface area contributed by atoms with Gasteiger partial charge in [0.25, 0.3) is 0 Å². The number of hydrogen-bond donors (Lipinski definition) is 1. The van der Waals surface area contributed by atoms with Crippen molar-refractivity contribution < 1.29 is 0 Å². The minimum atomic E-state index is 0.619. The summed E-state index contributed by atoms with van der Waals surface area (Å²) in [5, 5.41) is 8.19. The SMILES string of the molecule is Cc1nc(-c2[nH]ncc2Cl)sc1C. The number of nitrogens with one attached hydrogen (secondary N) is 1. The molecule has 5 heteroatoms. The van der Waals surface area contributed by atoms with Crippen LogP contribution >= 0.6 is 22.9 Å². The van der Waals surface area contributed by atoms with Crippen LogP contribution in [0.25, 0.3) is 10.7 Å². The van der Waals surface area contributed by atoms with Crippen molar-refractivity contribution in [2.45, 2.75) is 13.8 Å². The fourth-order valence-corrected chi connectivity index (χ4v) is 2.16. The number of halogens is 1. The van der Waals surface area contributed by atoms with Crippen LogP contribution < -0.4 is 0 Å². The van der Waals surface area contributed by atoms with E-state index in [1.54, 1.807) is 17.5 Å². The van der Waals surface area contributed by atoms with Gasteiger partial charge < -0.3 is 0 Å². The third-order valence-electron chi connectivity index (χ3n) is 1.84. The maximum atomic E-state index is 5.91. The van der Waals surface area contributed by atoms with Crippen molar-refractivity contribution in [3.8, 4) is 10.7 Å². The topological polar surface area (TPSA) is 41.6 Å². The molecule has 0 aliphatic rings. The lowest BCUT2D eigenvalue weighted by atomic mass is 10.4. The molecule has 0 aliphatic carbocycles. The number of aromatic amines is 1. The Hall–Kier alpha value is -0.870. The summed E-state index contributed by atoms with van der Waals surface area (Å²) in [5.41, 5.74) is 1.86. The number of hydrogen-bond acceptors (Lipinski definition) is 3. The van der Waals surface area contributed by atoms with Gasteiger partial charge >= 0.3 is 0 Å². The van der Waals surface area contributed by atoms with Crippen LogP contribution in [0.5, 0.6) is 0 Å². The smallest absolute Gasteiger partial charge is 0.143 e. The summed E-state index contributed by atoms with van der Waals surface area (Å²) in [5.74, 6) is 0. The van der Waals surface area contributed by atoms with Crippen molar-refractivity contribution >= 4 is 22.9 Å². The zero-order chi connectivity index (χ0) is 9.42. The maximum Gasteiger partial charge on any atom is 0.143 e. The van der Waals surface area contributed by atoms with E-state index in [1.165, 1.54) is 4.88 Å². The standard InChI is InChI=1S/C8H8ClN3S/c1-4-5(2)13-8(11-4)7-6(9)3-10-12-7/h3H,1-2H3,(H,10,12). The number of nitrogens with zero attached hydrogens (tertiary/aromatic N) is 2. The van der Waals surface area contributed by atoms with Crippen LogP contribution in [0.3, 0.4) is 0 Å². The predicted octanol–water partition coefficient (Wildman–Crippen LogP) is 2.80. The molecular formula is C8H8ClN3S. The van der Waals surface area contributed by atoms with E-state index in [0.717, 1.165) is 16.4 Å². The third-order valence-corrected chi connectivity index (χ3v) is 3.21. The Morgan fingerprint density at radius 1 is 1.46 bits per heavy atom. The minimum Gasteiger partial charge on any atom is -0.274 e. The van der Waals surface area contributed by atoms with Gasteiger partial charge in [-0.15, -0.1) is 11.3 Å². The third kappa shape index (κ3) is 1.47. The Balaban J connectivity index is 2.53. The molecule has 2 aromatic rings. The first-order valence-electron chi connectivity index (χ1n) is 3.81. The van der Waals surface area contributed by atoms with Gasteiger partial charge in [0.05, 0.1) is 16.9 Å². The second kappa shape index (κ2) is 3.12. The predicted molar refractivity (Wildman–Crippen MR) is 54.2 cm³/mol. The highest BCUT2D eigenvalue weighted by Gasteiger charge is 2.10. The van der Waals surface area contributed by atoms with Gasteiger partial charge in [-0.1, -0.05) is 11.6 Å². The molecule has 13 heavy (non-hydrogen) atoms. The fourth-order valence-electron chi connectivity index (χ4n) is 1.00. The van der Waals surface area contributed by atoms with E-state index in [-0.39, 0.29) is 0 Å². The molecule has 2 heterocycles. The van der Waals surface area contributed by atoms with Crippen molar-refractivity contribution in [2.75, 3.05) is 0 Å². The maximum absolute atomic E-state index is 5.91. The molecule has 2 rings (SSSR count). The molecule has 68 valence electrons. The largest absolute Gasteiger partial charge is 0.274 e. The molecular weight excluding hydrogens is 206 g/mol. The van der Waals surface area contributed by atoms with Crippen molar-refractivity contribution in [3.05, 3.63) is 21.8 Å². The van der Waals surface area contributed by atoms with Crippen LogP contribution in [0, 0.1) is 13.8 Å². The van der Waals surface area contributed by atoms with E-state index in [4.69, 9.17) is 11.6 Å². The van der Waals surface area contributed by atoms with Crippen molar-refractivity contribution in [1.29, 1.82) is 0 Å². The minimum absolute atomic E-state index is 0.619. The van der Waals surface area contributed by atoms with Gasteiger partial charge in [-0.3, -0.25) is 5.10 Å². The molecule has 0 aromatic carbocycles. The Kier molecular flexibility index (Phi) is 2.09. The Bertz CT molecular complexity index is 413. The summed E-state index contributed by atoms with van der Waals surface area (Å²) < 4.78 is 0. The van der Waals surface area contributed by atoms with Crippen LogP contribution in [0.1, 0.15) is 10.6 Å². The van der Waals surface area contributed by atoms with Crippen LogP contribution in [-0.2, 0) is 0 Å². The van der Waals surface area contributed by atoms with Gasteiger partial charge in [-0.2, -0.15) is 5.10 Å². The van der Waals surface area contributed by atoms with E-state index >= 15 is 0 Å². The summed E-state index contributed by atoms with van der Waals surface area (Å²) in [4.78, 5) is 5.59. The molecule has 0 bridgehead atoms. The molecule has 3 nitrogen and oxygen atoms in total. The van der Waals surface area contributed by atoms with Crippen LogP contribution in [0.15, 0.2) is 6.20 Å². The lowest BCUT2D eigenvalue weighted by molar-refractivity contribution is 1.09. The van der Waals surface area contributed by atoms with E-state index in [2.05, 4.69) is 15.2 Å². The molecule has 0 aliphatic heterocycles. The lowest BCUT2D eigenvalue weighted by Gasteiger charge is -1.88. The molecule has 0 spiro atoms. The second-order valence-electron chi connectivity index (χ2n) is 2.75. The van der Waals surface area contributed by atoms with Gasteiger partial charge in [-0.05, 0) is 13.8 Å². The van der Waals surface area contributed by atoms with Crippen molar-refractivity contribution in [2.24, 2.45) is 0 Å². The van der Waals surface area contributed by atoms with Gasteiger partial charge in [0, 0.05) is 4.88 Å². The summed E-state index contributed by atoms with van der Waals surface area (Å²) in [6.07, 6.45) is 1.59. The number of aryl methyl sites for hydroxylation is 2. The van der Waals surface area contributed by atoms with Gasteiger partial charge in [0.15, 0.2) is 0 Å². The van der Waals surface area contributed by atoms with Crippen LogP contribution in [0.4, 0.5) is 0 Å². The number of thiazole rings is 1. The van der Waals surface area contributed by atoms with Gasteiger partial charge in [0.2, 0.25) is 0 Å². The molecule has 0 saturated carbocycles. The summed E-state index contributed by atoms with van der Waals surface area (Å²) in [6.45, 7) is 4.03. The highest BCUT2D eigenvalue weighted by atomic mass is 35.5. The number of H-pyrrole nitrogens is 1. The molecule has 0 atom stereocenters. The van der Waals surface area contributed by atoms with E-state index < -0.39 is 0 Å². The highest BCUT2D eigenvalue weighted by Crippen LogP contribution is 2.30. The first-order chi connectivity index (χ1) is 6.18. The molecule has 0 saturated heterocycles. The average Bonchev–Trinajstić information content (AvgIpc) is 2.60. The second-order valence-corrected chi connectivity index (χ2v) is 4.36. The Morgan fingerprint density at radius 3 is 2.69 bits per heavy atom. The van der Waals surface area contributed by atoms with Crippen molar-refractivity contribution in [3.63, 3.8) is 0 Å². The molecule has 2 aromatic heterocycles. The molecule has 0 radical (unpaired) electrons. The van der Waals surface area contributed by atoms with E-state index in [0.29, 0.717) is 5.02 Å². The average molecular weight is 214 g/mol. The Morgan fingerprint density at radius 2 is 2.23 bits per heavy atom. The van der Waals surface area contributed by atoms with Crippen molar-refractivity contribution in [1.82, 2.24) is 15.2 Å². The molecule has 1 N–H and O–H groups in total. The number of aromatic nitrogens is 3. The first kappa shape index (κ1) is 8.72.